The van der Waals surface area contributed by atoms with E-state index in [9.17, 15) is 0 Å². The molecule has 4 aromatic rings. The van der Waals surface area contributed by atoms with Crippen LogP contribution in [0.5, 0.6) is 0 Å². The number of hydrogen-bond acceptors (Lipinski definition) is 3. The summed E-state index contributed by atoms with van der Waals surface area (Å²) in [5, 5.41) is 0. The average Bonchev–Trinajstić information content (AvgIpc) is 3.19. The van der Waals surface area contributed by atoms with Crippen LogP contribution >= 0.6 is 15.9 Å². The second kappa shape index (κ2) is 5.81. The van der Waals surface area contributed by atoms with Gasteiger partial charge in [0.1, 0.15) is 5.82 Å². The Labute approximate surface area is 153 Å². The van der Waals surface area contributed by atoms with Crippen molar-refractivity contribution in [3.05, 3.63) is 65.4 Å². The minimum atomic E-state index is 0.548. The van der Waals surface area contributed by atoms with Crippen molar-refractivity contribution in [2.45, 2.75) is 25.4 Å². The number of nitrogens with zero attached hydrogens (tertiary/aromatic N) is 5. The zero-order valence-corrected chi connectivity index (χ0v) is 15.1. The number of halogens is 1. The maximum absolute atomic E-state index is 4.91. The third-order valence-corrected chi connectivity index (χ3v) is 5.03. The Balaban J connectivity index is 1.62. The molecule has 0 amide bonds. The largest absolute Gasteiger partial charge is 0.333 e. The Bertz CT molecular complexity index is 1050. The van der Waals surface area contributed by atoms with Crippen molar-refractivity contribution in [2.24, 2.45) is 0 Å². The Hall–Kier alpha value is -2.47. The van der Waals surface area contributed by atoms with Gasteiger partial charge in [-0.15, -0.1) is 0 Å². The normalized spacial score (nSPS) is 14.3. The zero-order valence-electron chi connectivity index (χ0n) is 13.5. The van der Waals surface area contributed by atoms with E-state index in [-0.39, 0.29) is 0 Å². The van der Waals surface area contributed by atoms with Gasteiger partial charge >= 0.3 is 0 Å². The van der Waals surface area contributed by atoms with Crippen LogP contribution in [0.4, 0.5) is 0 Å². The van der Waals surface area contributed by atoms with Gasteiger partial charge in [0.25, 0.3) is 0 Å². The molecule has 0 N–H and O–H groups in total. The molecule has 0 saturated heterocycles. The Morgan fingerprint density at radius 2 is 2.04 bits per heavy atom. The first-order chi connectivity index (χ1) is 12.3. The SMILES string of the molecule is Brc1ccc2nc(-c3cncc(Cn4ccnc4)c3)n(C3CC3)c2c1. The van der Waals surface area contributed by atoms with Crippen molar-refractivity contribution in [1.29, 1.82) is 0 Å². The molecule has 0 bridgehead atoms. The van der Waals surface area contributed by atoms with Crippen LogP contribution in [-0.2, 0) is 6.54 Å². The summed E-state index contributed by atoms with van der Waals surface area (Å²) in [7, 11) is 0. The lowest BCUT2D eigenvalue weighted by Crippen LogP contribution is -2.00. The number of aromatic nitrogens is 5. The summed E-state index contributed by atoms with van der Waals surface area (Å²) in [4.78, 5) is 13.5. The quantitative estimate of drug-likeness (QED) is 0.514. The second-order valence-corrected chi connectivity index (χ2v) is 7.40. The van der Waals surface area contributed by atoms with Crippen LogP contribution < -0.4 is 0 Å². The molecule has 0 radical (unpaired) electrons. The van der Waals surface area contributed by atoms with E-state index in [1.165, 1.54) is 18.4 Å². The molecule has 5 nitrogen and oxygen atoms in total. The highest BCUT2D eigenvalue weighted by Crippen LogP contribution is 2.41. The molecule has 0 unspecified atom stereocenters. The molecule has 25 heavy (non-hydrogen) atoms. The van der Waals surface area contributed by atoms with Crippen molar-refractivity contribution >= 4 is 27.0 Å². The van der Waals surface area contributed by atoms with E-state index >= 15 is 0 Å². The van der Waals surface area contributed by atoms with Crippen LogP contribution in [0.1, 0.15) is 24.4 Å². The first kappa shape index (κ1) is 14.8. The lowest BCUT2D eigenvalue weighted by atomic mass is 10.2. The van der Waals surface area contributed by atoms with E-state index in [1.54, 1.807) is 6.20 Å². The van der Waals surface area contributed by atoms with Crippen molar-refractivity contribution < 1.29 is 0 Å². The van der Waals surface area contributed by atoms with Gasteiger partial charge in [0, 0.05) is 40.9 Å². The van der Waals surface area contributed by atoms with Crippen LogP contribution in [-0.4, -0.2) is 24.1 Å². The molecule has 1 saturated carbocycles. The van der Waals surface area contributed by atoms with Crippen LogP contribution in [0.25, 0.3) is 22.4 Å². The summed E-state index contributed by atoms with van der Waals surface area (Å²) in [5.41, 5.74) is 4.43. The van der Waals surface area contributed by atoms with E-state index in [0.29, 0.717) is 6.04 Å². The molecular weight excluding hydrogens is 378 g/mol. The molecule has 0 atom stereocenters. The van der Waals surface area contributed by atoms with Crippen molar-refractivity contribution in [2.75, 3.05) is 0 Å². The van der Waals surface area contributed by atoms with Crippen LogP contribution in [0.3, 0.4) is 0 Å². The smallest absolute Gasteiger partial charge is 0.142 e. The number of rotatable bonds is 4. The minimum Gasteiger partial charge on any atom is -0.333 e. The molecule has 1 aliphatic carbocycles. The molecule has 5 rings (SSSR count). The number of benzene rings is 1. The molecule has 6 heteroatoms. The van der Waals surface area contributed by atoms with Crippen molar-refractivity contribution in [1.82, 2.24) is 24.1 Å². The molecule has 1 aliphatic rings. The molecule has 124 valence electrons. The summed E-state index contributed by atoms with van der Waals surface area (Å²) in [6, 6.07) is 9.01. The van der Waals surface area contributed by atoms with Gasteiger partial charge in [-0.1, -0.05) is 15.9 Å². The summed E-state index contributed by atoms with van der Waals surface area (Å²) < 4.78 is 5.50. The standard InChI is InChI=1S/C19H16BrN5/c20-15-1-4-17-18(8-15)25(16-2-3-16)19(23-17)14-7-13(9-22-10-14)11-24-6-5-21-12-24/h1,4-10,12,16H,2-3,11H2. The molecule has 1 fully saturated rings. The third-order valence-electron chi connectivity index (χ3n) is 4.54. The first-order valence-electron chi connectivity index (χ1n) is 8.35. The molecule has 1 aromatic carbocycles. The number of hydrogen-bond donors (Lipinski definition) is 0. The first-order valence-corrected chi connectivity index (χ1v) is 9.15. The fraction of sp³-hybridized carbons (Fsp3) is 0.211. The average molecular weight is 394 g/mol. The zero-order chi connectivity index (χ0) is 16.8. The summed E-state index contributed by atoms with van der Waals surface area (Å²) in [6.45, 7) is 0.760. The number of fused-ring (bicyclic) bond motifs is 1. The van der Waals surface area contributed by atoms with Crippen molar-refractivity contribution in [3.63, 3.8) is 0 Å². The predicted molar refractivity (Wildman–Crippen MR) is 100 cm³/mol. The van der Waals surface area contributed by atoms with Crippen molar-refractivity contribution in [3.8, 4) is 11.4 Å². The fourth-order valence-electron chi connectivity index (χ4n) is 3.26. The predicted octanol–water partition coefficient (Wildman–Crippen LogP) is 4.44. The summed E-state index contributed by atoms with van der Waals surface area (Å²) in [5.74, 6) is 1.01. The number of pyridine rings is 1. The number of imidazole rings is 2. The van der Waals surface area contributed by atoms with E-state index in [2.05, 4.69) is 48.7 Å². The van der Waals surface area contributed by atoms with E-state index in [1.807, 2.05) is 35.6 Å². The van der Waals surface area contributed by atoms with Gasteiger partial charge < -0.3 is 9.13 Å². The van der Waals surface area contributed by atoms with Gasteiger partial charge in [0.2, 0.25) is 0 Å². The lowest BCUT2D eigenvalue weighted by Gasteiger charge is -2.09. The monoisotopic (exact) mass is 393 g/mol. The maximum Gasteiger partial charge on any atom is 0.142 e. The van der Waals surface area contributed by atoms with E-state index in [4.69, 9.17) is 4.98 Å². The van der Waals surface area contributed by atoms with E-state index in [0.717, 1.165) is 33.5 Å². The fourth-order valence-corrected chi connectivity index (χ4v) is 3.61. The highest BCUT2D eigenvalue weighted by Gasteiger charge is 2.28. The Kier molecular flexibility index (Phi) is 3.45. The summed E-state index contributed by atoms with van der Waals surface area (Å²) in [6.07, 6.45) is 11.8. The van der Waals surface area contributed by atoms with Gasteiger partial charge in [0.05, 0.1) is 23.9 Å². The summed E-state index contributed by atoms with van der Waals surface area (Å²) >= 11 is 3.58. The van der Waals surface area contributed by atoms with Gasteiger partial charge in [-0.2, -0.15) is 0 Å². The van der Waals surface area contributed by atoms with Crippen LogP contribution in [0, 0.1) is 0 Å². The highest BCUT2D eigenvalue weighted by molar-refractivity contribution is 9.10. The minimum absolute atomic E-state index is 0.548. The molecule has 0 spiro atoms. The van der Waals surface area contributed by atoms with Gasteiger partial charge in [0.15, 0.2) is 0 Å². The van der Waals surface area contributed by atoms with Gasteiger partial charge in [-0.25, -0.2) is 9.97 Å². The maximum atomic E-state index is 4.91. The van der Waals surface area contributed by atoms with Crippen LogP contribution in [0.15, 0.2) is 59.9 Å². The Morgan fingerprint density at radius 3 is 2.84 bits per heavy atom. The van der Waals surface area contributed by atoms with Gasteiger partial charge in [-0.3, -0.25) is 4.98 Å². The molecule has 3 heterocycles. The van der Waals surface area contributed by atoms with E-state index < -0.39 is 0 Å². The Morgan fingerprint density at radius 1 is 1.12 bits per heavy atom. The topological polar surface area (TPSA) is 48.5 Å². The molecule has 3 aromatic heterocycles. The third kappa shape index (κ3) is 2.76. The lowest BCUT2D eigenvalue weighted by molar-refractivity contribution is 0.772. The highest BCUT2D eigenvalue weighted by atomic mass is 79.9. The van der Waals surface area contributed by atoms with Gasteiger partial charge in [-0.05, 0) is 42.7 Å². The molecular formula is C19H16BrN5. The second-order valence-electron chi connectivity index (χ2n) is 6.49. The van der Waals surface area contributed by atoms with Crippen LogP contribution in [0.2, 0.25) is 0 Å². The molecule has 0 aliphatic heterocycles.